The van der Waals surface area contributed by atoms with Crippen LogP contribution in [0.15, 0.2) is 50.6 Å². The second kappa shape index (κ2) is 13.8. The van der Waals surface area contributed by atoms with Gasteiger partial charge in [-0.3, -0.25) is 19.9 Å². The average Bonchev–Trinajstić information content (AvgIpc) is 3.77. The van der Waals surface area contributed by atoms with Gasteiger partial charge in [0.25, 0.3) is 0 Å². The molecule has 0 saturated carbocycles. The van der Waals surface area contributed by atoms with Crippen molar-refractivity contribution in [2.75, 3.05) is 0 Å². The van der Waals surface area contributed by atoms with Crippen LogP contribution in [0.25, 0.3) is 44.7 Å². The van der Waals surface area contributed by atoms with Crippen LogP contribution in [0, 0.1) is 18.6 Å². The molecule has 0 saturated heterocycles. The molecule has 41 heavy (non-hydrogen) atoms. The predicted octanol–water partition coefficient (Wildman–Crippen LogP) is 0.386. The number of imidazole rings is 4. The maximum Gasteiger partial charge on any atom is 2.00 e. The van der Waals surface area contributed by atoms with E-state index in [4.69, 9.17) is 0 Å². The molecule has 16 nitrogen and oxygen atoms in total. The van der Waals surface area contributed by atoms with Crippen LogP contribution < -0.4 is 0 Å². The van der Waals surface area contributed by atoms with Crippen LogP contribution in [0.2, 0.25) is 0 Å². The minimum atomic E-state index is 0. The summed E-state index contributed by atoms with van der Waals surface area (Å²) in [6.07, 6.45) is 12.6. The Kier molecular flexibility index (Phi) is 9.95. The topological polar surface area (TPSA) is 229 Å². The van der Waals surface area contributed by atoms with Crippen LogP contribution in [-0.4, -0.2) is 79.7 Å². The van der Waals surface area contributed by atoms with E-state index in [-0.39, 0.29) is 17.1 Å². The first-order valence-corrected chi connectivity index (χ1v) is 12.8. The van der Waals surface area contributed by atoms with E-state index in [0.717, 1.165) is 40.6 Å². The van der Waals surface area contributed by atoms with Crippen molar-refractivity contribution in [1.82, 2.24) is 79.7 Å². The van der Waals surface area contributed by atoms with Gasteiger partial charge in [-0.05, 0) is 0 Å². The maximum atomic E-state index is 4.15. The fraction of sp³-hybridized carbons (Fsp3) is 0. The molecule has 21 heteroatoms. The number of thiol groups is 4. The minimum absolute atomic E-state index is 0. The number of aromatic nitrogens is 16. The van der Waals surface area contributed by atoms with Crippen molar-refractivity contribution in [2.45, 2.75) is 0 Å². The summed E-state index contributed by atoms with van der Waals surface area (Å²) in [7, 11) is 0. The molecule has 8 aromatic heterocycles. The SMILES string of the molecule is [Fe+2].[SH+]=c1[nH]cnc2nc[nH]c12.[SH+]=c1[nH]cnc2nc[nH]c12.[SH+]=c1[nH]cnc2nc[nH]c12.[SH+]=c1[nH]cnc2nc[nH]c12. The van der Waals surface area contributed by atoms with E-state index in [1.807, 2.05) is 0 Å². The number of fused-ring (bicyclic) bond motifs is 4. The normalized spacial score (nSPS) is 10.1. The van der Waals surface area contributed by atoms with Gasteiger partial charge in [-0.15, -0.1) is 0 Å². The fourth-order valence-corrected chi connectivity index (χ4v) is 4.03. The van der Waals surface area contributed by atoms with E-state index < -0.39 is 0 Å². The van der Waals surface area contributed by atoms with Crippen LogP contribution in [0.3, 0.4) is 0 Å². The monoisotopic (exact) mass is 668 g/mol. The van der Waals surface area contributed by atoms with E-state index in [0.29, 0.717) is 22.6 Å². The molecule has 8 aromatic rings. The second-order valence-electron chi connectivity index (χ2n) is 7.41. The van der Waals surface area contributed by atoms with E-state index in [1.54, 1.807) is 50.6 Å². The first-order valence-electron chi connectivity index (χ1n) is 11.1. The Morgan fingerprint density at radius 1 is 0.317 bits per heavy atom. The van der Waals surface area contributed by atoms with Gasteiger partial charge in [-0.1, -0.05) is 0 Å². The van der Waals surface area contributed by atoms with Crippen LogP contribution in [0.4, 0.5) is 0 Å². The zero-order valence-corrected chi connectivity index (χ0v) is 25.0. The van der Waals surface area contributed by atoms with Gasteiger partial charge in [0.1, 0.15) is 0 Å². The molecule has 0 spiro atoms. The van der Waals surface area contributed by atoms with Gasteiger partial charge in [0.15, 0.2) is 93.5 Å². The minimum Gasteiger partial charge on any atom is -0.337 e. The zero-order valence-electron chi connectivity index (χ0n) is 20.3. The summed E-state index contributed by atoms with van der Waals surface area (Å²) >= 11 is 16.6. The molecule has 0 aliphatic heterocycles. The summed E-state index contributed by atoms with van der Waals surface area (Å²) in [6, 6.07) is 0. The van der Waals surface area contributed by atoms with Crippen LogP contribution >= 0.6 is 0 Å². The summed E-state index contributed by atoms with van der Waals surface area (Å²) in [4.78, 5) is 54.6. The van der Waals surface area contributed by atoms with Crippen LogP contribution in [0.1, 0.15) is 0 Å². The number of H-pyrrole nitrogens is 8. The Morgan fingerprint density at radius 3 is 0.659 bits per heavy atom. The van der Waals surface area contributed by atoms with Gasteiger partial charge in [0.05, 0.1) is 50.6 Å². The second-order valence-corrected chi connectivity index (χ2v) is 9.20. The van der Waals surface area contributed by atoms with Crippen molar-refractivity contribution < 1.29 is 17.1 Å². The standard InChI is InChI=1S/4C5H4N4S.Fe/c4*10-5-3-4(7-1-6-3)8-2-9-5;/h4*1-2H,(H2,6,7,8,9,10);/q;;;;+2/p+4. The molecule has 0 amide bonds. The van der Waals surface area contributed by atoms with Crippen molar-refractivity contribution in [2.24, 2.45) is 0 Å². The summed E-state index contributed by atoms with van der Waals surface area (Å²) in [5.41, 5.74) is 6.09. The molecule has 8 rings (SSSR count). The number of hydrogen-bond donors (Lipinski definition) is 8. The number of nitrogens with zero attached hydrogens (tertiary/aromatic N) is 8. The van der Waals surface area contributed by atoms with Gasteiger partial charge < -0.3 is 19.9 Å². The number of hydrogen-bond acceptors (Lipinski definition) is 8. The molecule has 0 bridgehead atoms. The average molecular weight is 669 g/mol. The number of aromatic amines is 8. The third-order valence-electron chi connectivity index (χ3n) is 4.98. The molecule has 0 aliphatic rings. The van der Waals surface area contributed by atoms with Crippen molar-refractivity contribution in [3.8, 4) is 0 Å². The Balaban J connectivity index is 0.000000125. The quantitative estimate of drug-likeness (QED) is 0.0487. The summed E-state index contributed by atoms with van der Waals surface area (Å²) in [5, 5.41) is 0. The molecular weight excluding hydrogens is 648 g/mol. The zero-order chi connectivity index (χ0) is 27.9. The number of rotatable bonds is 0. The Morgan fingerprint density at radius 2 is 0.488 bits per heavy atom. The molecule has 0 aromatic carbocycles. The number of nitrogens with one attached hydrogen (secondary N) is 8. The van der Waals surface area contributed by atoms with Crippen LogP contribution in [0.5, 0.6) is 0 Å². The molecular formula is C20H20FeN16S4+6. The largest absolute Gasteiger partial charge is 2.00 e. The van der Waals surface area contributed by atoms with Crippen LogP contribution in [-0.2, 0) is 65.9 Å². The van der Waals surface area contributed by atoms with Gasteiger partial charge >= 0.3 is 35.6 Å². The molecule has 0 radical (unpaired) electrons. The molecule has 0 fully saturated rings. The third-order valence-corrected chi connectivity index (χ3v) is 6.39. The predicted molar refractivity (Wildman–Crippen MR) is 161 cm³/mol. The first kappa shape index (κ1) is 29.6. The van der Waals surface area contributed by atoms with Crippen molar-refractivity contribution in [1.29, 1.82) is 0 Å². The molecule has 0 unspecified atom stereocenters. The molecule has 8 heterocycles. The molecule has 0 aliphatic carbocycles. The van der Waals surface area contributed by atoms with Crippen molar-refractivity contribution in [3.63, 3.8) is 0 Å². The van der Waals surface area contributed by atoms with E-state index in [1.165, 1.54) is 0 Å². The van der Waals surface area contributed by atoms with Gasteiger partial charge in [-0.25, -0.2) is 39.9 Å². The van der Waals surface area contributed by atoms with Gasteiger partial charge in [0.2, 0.25) is 0 Å². The van der Waals surface area contributed by atoms with Crippen molar-refractivity contribution >= 4 is 93.5 Å². The summed E-state index contributed by atoms with van der Waals surface area (Å²) in [5.74, 6) is 0. The molecule has 206 valence electrons. The first-order chi connectivity index (χ1) is 19.5. The summed E-state index contributed by atoms with van der Waals surface area (Å²) in [6.45, 7) is 0. The fourth-order valence-electron chi connectivity index (χ4n) is 3.14. The van der Waals surface area contributed by atoms with E-state index in [2.05, 4.69) is 129 Å². The van der Waals surface area contributed by atoms with E-state index in [9.17, 15) is 0 Å². The van der Waals surface area contributed by atoms with Gasteiger partial charge in [-0.2, -0.15) is 0 Å². The maximum absolute atomic E-state index is 4.15. The van der Waals surface area contributed by atoms with E-state index >= 15 is 0 Å². The van der Waals surface area contributed by atoms with Gasteiger partial charge in [0, 0.05) is 0 Å². The molecule has 0 atom stereocenters. The van der Waals surface area contributed by atoms with Crippen molar-refractivity contribution in [3.05, 3.63) is 69.2 Å². The third kappa shape index (κ3) is 7.03. The Labute approximate surface area is 258 Å². The smallest absolute Gasteiger partial charge is 0.337 e. The Hall–Kier alpha value is -4.40. The summed E-state index contributed by atoms with van der Waals surface area (Å²) < 4.78 is 3.01. The Bertz CT molecular complexity index is 1930. The molecule has 8 N–H and O–H groups in total.